The summed E-state index contributed by atoms with van der Waals surface area (Å²) >= 11 is 1.80. The number of hydrogen-bond donors (Lipinski definition) is 2. The number of fused-ring (bicyclic) bond motifs is 1. The zero-order valence-electron chi connectivity index (χ0n) is 8.55. The van der Waals surface area contributed by atoms with Gasteiger partial charge in [0.2, 0.25) is 0 Å². The topological polar surface area (TPSA) is 32.3 Å². The van der Waals surface area contributed by atoms with E-state index >= 15 is 0 Å². The number of hydrogen-bond acceptors (Lipinski definition) is 3. The minimum absolute atomic E-state index is 0.248. The standard InChI is InChI=1S/C13H11NOS/c15-10-7-5-9(6-8-10)13-14-11-3-1-2-4-12(11)16-13/h1-8,13-15H/t13-/m0/s1. The highest BCUT2D eigenvalue weighted by Gasteiger charge is 2.21. The molecule has 1 aliphatic rings. The number of anilines is 1. The highest BCUT2D eigenvalue weighted by atomic mass is 32.2. The Morgan fingerprint density at radius 3 is 2.50 bits per heavy atom. The molecule has 0 saturated carbocycles. The van der Waals surface area contributed by atoms with Crippen LogP contribution in [-0.2, 0) is 0 Å². The SMILES string of the molecule is Oc1ccc([C@H]2Nc3ccccc3S2)cc1. The van der Waals surface area contributed by atoms with E-state index in [1.807, 2.05) is 24.3 Å². The Morgan fingerprint density at radius 2 is 1.75 bits per heavy atom. The molecule has 1 aliphatic heterocycles. The molecule has 0 aromatic heterocycles. The summed E-state index contributed by atoms with van der Waals surface area (Å²) in [4.78, 5) is 1.28. The van der Waals surface area contributed by atoms with Gasteiger partial charge in [0, 0.05) is 10.6 Å². The Labute approximate surface area is 98.3 Å². The van der Waals surface area contributed by atoms with Crippen molar-refractivity contribution >= 4 is 17.4 Å². The van der Waals surface area contributed by atoms with Crippen molar-refractivity contribution in [3.05, 3.63) is 54.1 Å². The van der Waals surface area contributed by atoms with Crippen LogP contribution in [0.1, 0.15) is 10.9 Å². The minimum Gasteiger partial charge on any atom is -0.508 e. The summed E-state index contributed by atoms with van der Waals surface area (Å²) in [5, 5.41) is 12.9. The monoisotopic (exact) mass is 229 g/mol. The zero-order valence-corrected chi connectivity index (χ0v) is 9.37. The summed E-state index contributed by atoms with van der Waals surface area (Å²) in [5.41, 5.74) is 2.37. The number of para-hydroxylation sites is 1. The lowest BCUT2D eigenvalue weighted by molar-refractivity contribution is 0.475. The fourth-order valence-corrected chi connectivity index (χ4v) is 2.93. The minimum atomic E-state index is 0.248. The Kier molecular flexibility index (Phi) is 2.26. The molecule has 0 fully saturated rings. The van der Waals surface area contributed by atoms with Gasteiger partial charge >= 0.3 is 0 Å². The third-order valence-corrected chi connectivity index (χ3v) is 3.85. The predicted molar refractivity (Wildman–Crippen MR) is 66.8 cm³/mol. The Hall–Kier alpha value is -1.61. The maximum atomic E-state index is 9.25. The maximum Gasteiger partial charge on any atom is 0.115 e. The molecule has 1 atom stereocenters. The van der Waals surface area contributed by atoms with Crippen molar-refractivity contribution < 1.29 is 5.11 Å². The molecule has 0 unspecified atom stereocenters. The van der Waals surface area contributed by atoms with E-state index in [0.29, 0.717) is 5.75 Å². The van der Waals surface area contributed by atoms with Gasteiger partial charge in [-0.05, 0) is 29.8 Å². The molecule has 2 aromatic carbocycles. The quantitative estimate of drug-likeness (QED) is 0.783. The third kappa shape index (κ3) is 1.63. The van der Waals surface area contributed by atoms with Gasteiger partial charge in [-0.2, -0.15) is 0 Å². The summed E-state index contributed by atoms with van der Waals surface area (Å²) in [7, 11) is 0. The van der Waals surface area contributed by atoms with Crippen molar-refractivity contribution in [2.24, 2.45) is 0 Å². The normalized spacial score (nSPS) is 17.9. The lowest BCUT2D eigenvalue weighted by Gasteiger charge is -2.10. The van der Waals surface area contributed by atoms with Crippen molar-refractivity contribution in [2.75, 3.05) is 5.32 Å². The number of rotatable bonds is 1. The Bertz CT molecular complexity index is 485. The summed E-state index contributed by atoms with van der Waals surface area (Å²) < 4.78 is 0. The van der Waals surface area contributed by atoms with Crippen molar-refractivity contribution in [3.8, 4) is 5.75 Å². The molecule has 0 amide bonds. The van der Waals surface area contributed by atoms with E-state index in [0.717, 1.165) is 0 Å². The predicted octanol–water partition coefficient (Wildman–Crippen LogP) is 3.61. The molecule has 1 heterocycles. The molecule has 3 rings (SSSR count). The molecular weight excluding hydrogens is 218 g/mol. The van der Waals surface area contributed by atoms with E-state index in [-0.39, 0.29) is 5.37 Å². The lowest BCUT2D eigenvalue weighted by atomic mass is 10.2. The Morgan fingerprint density at radius 1 is 1.00 bits per heavy atom. The molecule has 16 heavy (non-hydrogen) atoms. The van der Waals surface area contributed by atoms with E-state index in [9.17, 15) is 5.11 Å². The zero-order chi connectivity index (χ0) is 11.0. The number of benzene rings is 2. The van der Waals surface area contributed by atoms with E-state index in [1.54, 1.807) is 23.9 Å². The number of phenols is 1. The van der Waals surface area contributed by atoms with Gasteiger partial charge in [-0.1, -0.05) is 36.0 Å². The second-order valence-corrected chi connectivity index (χ2v) is 4.88. The van der Waals surface area contributed by atoms with Gasteiger partial charge in [0.15, 0.2) is 0 Å². The van der Waals surface area contributed by atoms with Gasteiger partial charge < -0.3 is 10.4 Å². The fourth-order valence-electron chi connectivity index (χ4n) is 1.79. The fraction of sp³-hybridized carbons (Fsp3) is 0.0769. The molecule has 80 valence electrons. The van der Waals surface area contributed by atoms with Crippen LogP contribution in [0.2, 0.25) is 0 Å². The molecule has 0 aliphatic carbocycles. The van der Waals surface area contributed by atoms with Crippen LogP contribution in [0.3, 0.4) is 0 Å². The van der Waals surface area contributed by atoms with Crippen LogP contribution in [0.4, 0.5) is 5.69 Å². The number of phenolic OH excluding ortho intramolecular Hbond substituents is 1. The number of aromatic hydroxyl groups is 1. The second-order valence-electron chi connectivity index (χ2n) is 3.73. The van der Waals surface area contributed by atoms with Gasteiger partial charge in [-0.25, -0.2) is 0 Å². The summed E-state index contributed by atoms with van der Waals surface area (Å²) in [6.45, 7) is 0. The molecule has 2 N–H and O–H groups in total. The van der Waals surface area contributed by atoms with Crippen molar-refractivity contribution in [3.63, 3.8) is 0 Å². The van der Waals surface area contributed by atoms with Gasteiger partial charge in [-0.3, -0.25) is 0 Å². The molecule has 0 radical (unpaired) electrons. The summed E-state index contributed by atoms with van der Waals surface area (Å²) in [5.74, 6) is 0.310. The van der Waals surface area contributed by atoms with Crippen molar-refractivity contribution in [2.45, 2.75) is 10.3 Å². The van der Waals surface area contributed by atoms with E-state index in [1.165, 1.54) is 16.1 Å². The molecule has 2 aromatic rings. The molecule has 3 heteroatoms. The van der Waals surface area contributed by atoms with Crippen LogP contribution in [-0.4, -0.2) is 5.11 Å². The number of thioether (sulfide) groups is 1. The smallest absolute Gasteiger partial charge is 0.115 e. The van der Waals surface area contributed by atoms with Crippen LogP contribution < -0.4 is 5.32 Å². The first-order chi connectivity index (χ1) is 7.83. The first-order valence-electron chi connectivity index (χ1n) is 5.14. The third-order valence-electron chi connectivity index (χ3n) is 2.61. The number of nitrogens with one attached hydrogen (secondary N) is 1. The second kappa shape index (κ2) is 3.76. The van der Waals surface area contributed by atoms with Gasteiger partial charge in [0.25, 0.3) is 0 Å². The molecule has 0 bridgehead atoms. The molecular formula is C13H11NOS. The van der Waals surface area contributed by atoms with Crippen LogP contribution in [0.15, 0.2) is 53.4 Å². The van der Waals surface area contributed by atoms with Gasteiger partial charge in [0.05, 0.1) is 0 Å². The average molecular weight is 229 g/mol. The summed E-state index contributed by atoms with van der Waals surface area (Å²) in [6, 6.07) is 15.6. The first-order valence-corrected chi connectivity index (χ1v) is 6.02. The van der Waals surface area contributed by atoms with Gasteiger partial charge in [0.1, 0.15) is 11.1 Å². The average Bonchev–Trinajstić information content (AvgIpc) is 2.73. The molecule has 0 saturated heterocycles. The first kappa shape index (κ1) is 9.60. The summed E-state index contributed by atoms with van der Waals surface area (Å²) in [6.07, 6.45) is 0. The molecule has 0 spiro atoms. The van der Waals surface area contributed by atoms with Crippen molar-refractivity contribution in [1.29, 1.82) is 0 Å². The van der Waals surface area contributed by atoms with Crippen LogP contribution in [0.5, 0.6) is 5.75 Å². The largest absolute Gasteiger partial charge is 0.508 e. The highest BCUT2D eigenvalue weighted by Crippen LogP contribution is 2.46. The van der Waals surface area contributed by atoms with Crippen LogP contribution >= 0.6 is 11.8 Å². The lowest BCUT2D eigenvalue weighted by Crippen LogP contribution is -2.00. The maximum absolute atomic E-state index is 9.25. The van der Waals surface area contributed by atoms with E-state index in [2.05, 4.69) is 17.4 Å². The van der Waals surface area contributed by atoms with Crippen LogP contribution in [0, 0.1) is 0 Å². The Balaban J connectivity index is 1.88. The van der Waals surface area contributed by atoms with Crippen molar-refractivity contribution in [1.82, 2.24) is 0 Å². The van der Waals surface area contributed by atoms with Crippen LogP contribution in [0.25, 0.3) is 0 Å². The highest BCUT2D eigenvalue weighted by molar-refractivity contribution is 8.00. The van der Waals surface area contributed by atoms with Gasteiger partial charge in [-0.15, -0.1) is 0 Å². The van der Waals surface area contributed by atoms with E-state index in [4.69, 9.17) is 0 Å². The molecule has 2 nitrogen and oxygen atoms in total. The van der Waals surface area contributed by atoms with E-state index < -0.39 is 0 Å².